The number of rotatable bonds is 5. The maximum atomic E-state index is 13.3. The molecule has 3 aromatic rings. The van der Waals surface area contributed by atoms with Gasteiger partial charge in [0.15, 0.2) is 0 Å². The molecule has 1 aliphatic heterocycles. The molecule has 29 heavy (non-hydrogen) atoms. The molecule has 0 saturated carbocycles. The Morgan fingerprint density at radius 1 is 0.897 bits per heavy atom. The third-order valence-electron chi connectivity index (χ3n) is 5.35. The van der Waals surface area contributed by atoms with E-state index in [4.69, 9.17) is 0 Å². The van der Waals surface area contributed by atoms with Crippen LogP contribution in [0.4, 0.5) is 5.69 Å². The first-order valence-electron chi connectivity index (χ1n) is 9.89. The minimum atomic E-state index is -0.402. The molecule has 0 bridgehead atoms. The topological polar surface area (TPSA) is 49.4 Å². The van der Waals surface area contributed by atoms with Crippen LogP contribution in [0.5, 0.6) is 0 Å². The van der Waals surface area contributed by atoms with Gasteiger partial charge in [-0.3, -0.25) is 9.59 Å². The molecule has 3 aromatic carbocycles. The summed E-state index contributed by atoms with van der Waals surface area (Å²) >= 11 is 0. The van der Waals surface area contributed by atoms with E-state index >= 15 is 0 Å². The summed E-state index contributed by atoms with van der Waals surface area (Å²) in [5.74, 6) is -0.443. The first-order chi connectivity index (χ1) is 14.1. The number of nitrogens with one attached hydrogen (secondary N) is 1. The Balaban J connectivity index is 1.52. The average Bonchev–Trinajstić information content (AvgIpc) is 3.10. The highest BCUT2D eigenvalue weighted by atomic mass is 16.2. The van der Waals surface area contributed by atoms with E-state index in [0.29, 0.717) is 13.0 Å². The minimum absolute atomic E-state index is 0.0372. The molecule has 0 aromatic heterocycles. The second kappa shape index (κ2) is 8.31. The minimum Gasteiger partial charge on any atom is -0.350 e. The summed E-state index contributed by atoms with van der Waals surface area (Å²) in [6.45, 7) is 2.51. The fraction of sp³-hybridized carbons (Fsp3) is 0.200. The van der Waals surface area contributed by atoms with E-state index in [1.807, 2.05) is 91.9 Å². The zero-order valence-corrected chi connectivity index (χ0v) is 16.4. The van der Waals surface area contributed by atoms with Gasteiger partial charge in [0.05, 0.1) is 12.0 Å². The summed E-state index contributed by atoms with van der Waals surface area (Å²) in [5.41, 5.74) is 3.91. The van der Waals surface area contributed by atoms with E-state index in [0.717, 1.165) is 22.4 Å². The van der Waals surface area contributed by atoms with Crippen LogP contribution in [-0.2, 0) is 9.59 Å². The van der Waals surface area contributed by atoms with E-state index < -0.39 is 5.92 Å². The zero-order chi connectivity index (χ0) is 20.2. The highest BCUT2D eigenvalue weighted by Gasteiger charge is 2.33. The van der Waals surface area contributed by atoms with Gasteiger partial charge in [0, 0.05) is 18.7 Å². The molecule has 1 fully saturated rings. The van der Waals surface area contributed by atoms with Crippen LogP contribution in [0, 0.1) is 6.92 Å². The molecule has 4 nitrogen and oxygen atoms in total. The number of hydrogen-bond acceptors (Lipinski definition) is 2. The normalized spacial score (nSPS) is 16.3. The van der Waals surface area contributed by atoms with Gasteiger partial charge in [-0.25, -0.2) is 0 Å². The lowest BCUT2D eigenvalue weighted by atomic mass is 9.90. The summed E-state index contributed by atoms with van der Waals surface area (Å²) in [6.07, 6.45) is 0.315. The van der Waals surface area contributed by atoms with Crippen LogP contribution in [0.1, 0.15) is 29.0 Å². The molecule has 1 heterocycles. The quantitative estimate of drug-likeness (QED) is 0.722. The monoisotopic (exact) mass is 384 g/mol. The molecular weight excluding hydrogens is 360 g/mol. The number of carbonyl (C=O) groups is 2. The molecule has 1 N–H and O–H groups in total. The molecule has 1 atom stereocenters. The summed E-state index contributed by atoms with van der Waals surface area (Å²) < 4.78 is 0. The number of aryl methyl sites for hydroxylation is 1. The smallest absolute Gasteiger partial charge is 0.232 e. The van der Waals surface area contributed by atoms with Gasteiger partial charge in [0.1, 0.15) is 0 Å². The lowest BCUT2D eigenvalue weighted by molar-refractivity contribution is -0.122. The molecule has 4 heteroatoms. The zero-order valence-electron chi connectivity index (χ0n) is 16.4. The van der Waals surface area contributed by atoms with Crippen LogP contribution in [-0.4, -0.2) is 24.4 Å². The van der Waals surface area contributed by atoms with Crippen LogP contribution in [0.3, 0.4) is 0 Å². The Kier molecular flexibility index (Phi) is 5.43. The predicted molar refractivity (Wildman–Crippen MR) is 115 cm³/mol. The number of nitrogens with zero attached hydrogens (tertiary/aromatic N) is 1. The van der Waals surface area contributed by atoms with E-state index in [2.05, 4.69) is 5.32 Å². The van der Waals surface area contributed by atoms with Crippen molar-refractivity contribution in [3.63, 3.8) is 0 Å². The van der Waals surface area contributed by atoms with Gasteiger partial charge in [-0.2, -0.15) is 0 Å². The van der Waals surface area contributed by atoms with Crippen LogP contribution < -0.4 is 10.2 Å². The standard InChI is InChI=1S/C25H24N2O2/c1-18-12-14-22(15-13-18)27-17-21(16-23(27)28)26-25(29)24(19-8-4-2-5-9-19)20-10-6-3-7-11-20/h2-15,21,24H,16-17H2,1H3,(H,26,29)/t21-/m0/s1. The summed E-state index contributed by atoms with van der Waals surface area (Å²) in [5, 5.41) is 3.12. The lowest BCUT2D eigenvalue weighted by Crippen LogP contribution is -2.40. The first-order valence-corrected chi connectivity index (χ1v) is 9.89. The van der Waals surface area contributed by atoms with Crippen molar-refractivity contribution in [3.05, 3.63) is 102 Å². The van der Waals surface area contributed by atoms with Crippen LogP contribution in [0.15, 0.2) is 84.9 Å². The van der Waals surface area contributed by atoms with Gasteiger partial charge in [0.2, 0.25) is 11.8 Å². The molecular formula is C25H24N2O2. The van der Waals surface area contributed by atoms with Gasteiger partial charge < -0.3 is 10.2 Å². The molecule has 2 amide bonds. The van der Waals surface area contributed by atoms with Crippen molar-refractivity contribution in [3.8, 4) is 0 Å². The van der Waals surface area contributed by atoms with Crippen molar-refractivity contribution in [1.82, 2.24) is 5.32 Å². The van der Waals surface area contributed by atoms with E-state index in [9.17, 15) is 9.59 Å². The van der Waals surface area contributed by atoms with Gasteiger partial charge in [-0.1, -0.05) is 78.4 Å². The Morgan fingerprint density at radius 3 is 2.00 bits per heavy atom. The first kappa shape index (κ1) is 18.9. The van der Waals surface area contributed by atoms with Crippen LogP contribution in [0.2, 0.25) is 0 Å². The van der Waals surface area contributed by atoms with Crippen LogP contribution >= 0.6 is 0 Å². The molecule has 0 radical (unpaired) electrons. The highest BCUT2D eigenvalue weighted by molar-refractivity contribution is 5.97. The largest absolute Gasteiger partial charge is 0.350 e. The third-order valence-corrected chi connectivity index (χ3v) is 5.35. The number of carbonyl (C=O) groups excluding carboxylic acids is 2. The van der Waals surface area contributed by atoms with E-state index in [-0.39, 0.29) is 17.9 Å². The molecule has 1 aliphatic rings. The fourth-order valence-corrected chi connectivity index (χ4v) is 3.85. The van der Waals surface area contributed by atoms with Gasteiger partial charge in [-0.05, 0) is 30.2 Å². The Morgan fingerprint density at radius 2 is 1.45 bits per heavy atom. The second-order valence-corrected chi connectivity index (χ2v) is 7.50. The van der Waals surface area contributed by atoms with Crippen molar-refractivity contribution in [1.29, 1.82) is 0 Å². The predicted octanol–water partition coefficient (Wildman–Crippen LogP) is 4.05. The molecule has 146 valence electrons. The van der Waals surface area contributed by atoms with Gasteiger partial charge in [0.25, 0.3) is 0 Å². The van der Waals surface area contributed by atoms with Crippen molar-refractivity contribution in [2.45, 2.75) is 25.3 Å². The lowest BCUT2D eigenvalue weighted by Gasteiger charge is -2.21. The molecule has 0 unspecified atom stereocenters. The van der Waals surface area contributed by atoms with Gasteiger partial charge >= 0.3 is 0 Å². The SMILES string of the molecule is Cc1ccc(N2C[C@@H](NC(=O)C(c3ccccc3)c3ccccc3)CC2=O)cc1. The number of hydrogen-bond donors (Lipinski definition) is 1. The Hall–Kier alpha value is -3.40. The Bertz CT molecular complexity index is 945. The molecule has 0 aliphatic carbocycles. The second-order valence-electron chi connectivity index (χ2n) is 7.50. The van der Waals surface area contributed by atoms with Crippen LogP contribution in [0.25, 0.3) is 0 Å². The van der Waals surface area contributed by atoms with Crippen molar-refractivity contribution >= 4 is 17.5 Å². The van der Waals surface area contributed by atoms with Crippen molar-refractivity contribution < 1.29 is 9.59 Å². The summed E-state index contributed by atoms with van der Waals surface area (Å²) in [7, 11) is 0. The summed E-state index contributed by atoms with van der Waals surface area (Å²) in [4.78, 5) is 27.5. The molecule has 0 spiro atoms. The van der Waals surface area contributed by atoms with Crippen molar-refractivity contribution in [2.75, 3.05) is 11.4 Å². The van der Waals surface area contributed by atoms with Gasteiger partial charge in [-0.15, -0.1) is 0 Å². The van der Waals surface area contributed by atoms with Crippen molar-refractivity contribution in [2.24, 2.45) is 0 Å². The summed E-state index contributed by atoms with van der Waals surface area (Å²) in [6, 6.07) is 27.2. The maximum Gasteiger partial charge on any atom is 0.232 e. The number of amides is 2. The number of benzene rings is 3. The highest BCUT2D eigenvalue weighted by Crippen LogP contribution is 2.27. The Labute approximate surface area is 171 Å². The number of anilines is 1. The molecule has 4 rings (SSSR count). The van der Waals surface area contributed by atoms with E-state index in [1.54, 1.807) is 4.90 Å². The average molecular weight is 384 g/mol. The molecule has 1 saturated heterocycles. The van der Waals surface area contributed by atoms with E-state index in [1.165, 1.54) is 0 Å². The third kappa shape index (κ3) is 4.21. The fourth-order valence-electron chi connectivity index (χ4n) is 3.85. The maximum absolute atomic E-state index is 13.3.